The summed E-state index contributed by atoms with van der Waals surface area (Å²) < 4.78 is 22.7. The standard InChI is InChI=1S/C21H31ClO7/c1-3-27-13-5-7-14(8-6-13)28-16-10-12(4-9-15(16)22)21-20(25)19(24)18(23)17(29-21)11-26-2/h4,9-10,13-14,17-21,23-25H,3,5-8,11H2,1-2H3/t13?,14?,17-,18-,19+,20-,21+/m1/s1. The summed E-state index contributed by atoms with van der Waals surface area (Å²) in [7, 11) is 1.48. The van der Waals surface area contributed by atoms with Gasteiger partial charge in [0.25, 0.3) is 0 Å². The average molecular weight is 431 g/mol. The van der Waals surface area contributed by atoms with E-state index in [0.717, 1.165) is 32.3 Å². The lowest BCUT2D eigenvalue weighted by molar-refractivity contribution is -0.233. The molecule has 1 aromatic rings. The fourth-order valence-corrected chi connectivity index (χ4v) is 4.21. The predicted molar refractivity (Wildman–Crippen MR) is 107 cm³/mol. The minimum atomic E-state index is -1.34. The number of aliphatic hydroxyl groups excluding tert-OH is 3. The summed E-state index contributed by atoms with van der Waals surface area (Å²) in [6, 6.07) is 5.15. The lowest BCUT2D eigenvalue weighted by atomic mass is 9.91. The van der Waals surface area contributed by atoms with Crippen molar-refractivity contribution in [1.29, 1.82) is 0 Å². The van der Waals surface area contributed by atoms with Crippen molar-refractivity contribution in [3.05, 3.63) is 28.8 Å². The van der Waals surface area contributed by atoms with E-state index in [1.165, 1.54) is 7.11 Å². The van der Waals surface area contributed by atoms with Crippen LogP contribution in [0.15, 0.2) is 18.2 Å². The van der Waals surface area contributed by atoms with Crippen LogP contribution in [0.25, 0.3) is 0 Å². The van der Waals surface area contributed by atoms with Crippen molar-refractivity contribution in [3.63, 3.8) is 0 Å². The van der Waals surface area contributed by atoms with Gasteiger partial charge in [-0.3, -0.25) is 0 Å². The Hall–Kier alpha value is -0.930. The number of methoxy groups -OCH3 is 1. The molecule has 8 heteroatoms. The van der Waals surface area contributed by atoms with Gasteiger partial charge in [0.2, 0.25) is 0 Å². The van der Waals surface area contributed by atoms with Crippen LogP contribution in [0, 0.1) is 0 Å². The van der Waals surface area contributed by atoms with E-state index in [2.05, 4.69) is 0 Å². The zero-order valence-electron chi connectivity index (χ0n) is 16.9. The second kappa shape index (κ2) is 10.4. The molecule has 1 aliphatic heterocycles. The molecule has 1 saturated carbocycles. The number of halogens is 1. The SMILES string of the molecule is CCOC1CCC(Oc2cc([C@@H]3O[C@H](COC)[C@@H](O)[C@H](O)[C@H]3O)ccc2Cl)CC1. The van der Waals surface area contributed by atoms with Crippen LogP contribution in [-0.4, -0.2) is 72.3 Å². The topological polar surface area (TPSA) is 97.6 Å². The molecule has 3 N–H and O–H groups in total. The Balaban J connectivity index is 1.71. The van der Waals surface area contributed by atoms with Crippen molar-refractivity contribution in [2.45, 2.75) is 75.3 Å². The highest BCUT2D eigenvalue weighted by Gasteiger charge is 2.44. The minimum absolute atomic E-state index is 0.0466. The maximum absolute atomic E-state index is 10.4. The number of benzene rings is 1. The third kappa shape index (κ3) is 5.41. The van der Waals surface area contributed by atoms with Gasteiger partial charge in [0.05, 0.1) is 23.8 Å². The maximum Gasteiger partial charge on any atom is 0.138 e. The van der Waals surface area contributed by atoms with E-state index in [9.17, 15) is 15.3 Å². The second-order valence-corrected chi connectivity index (χ2v) is 8.09. The molecule has 0 unspecified atom stereocenters. The molecule has 2 aliphatic rings. The van der Waals surface area contributed by atoms with Gasteiger partial charge in [-0.1, -0.05) is 17.7 Å². The van der Waals surface area contributed by atoms with E-state index >= 15 is 0 Å². The molecule has 1 aromatic carbocycles. The van der Waals surface area contributed by atoms with E-state index in [1.54, 1.807) is 18.2 Å². The van der Waals surface area contributed by atoms with Crippen molar-refractivity contribution in [1.82, 2.24) is 0 Å². The molecule has 0 amide bonds. The molecule has 0 bridgehead atoms. The molecule has 3 rings (SSSR count). The first-order valence-electron chi connectivity index (χ1n) is 10.2. The summed E-state index contributed by atoms with van der Waals surface area (Å²) >= 11 is 6.34. The van der Waals surface area contributed by atoms with Crippen molar-refractivity contribution < 1.29 is 34.3 Å². The Labute approximate surface area is 176 Å². The number of rotatable bonds is 7. The molecule has 0 radical (unpaired) electrons. The van der Waals surface area contributed by atoms with Crippen LogP contribution < -0.4 is 4.74 Å². The lowest BCUT2D eigenvalue weighted by Gasteiger charge is -2.40. The van der Waals surface area contributed by atoms with Crippen LogP contribution in [0.4, 0.5) is 0 Å². The highest BCUT2D eigenvalue weighted by Crippen LogP contribution is 2.37. The molecule has 29 heavy (non-hydrogen) atoms. The summed E-state index contributed by atoms with van der Waals surface area (Å²) in [6.07, 6.45) is -1.45. The third-order valence-electron chi connectivity index (χ3n) is 5.64. The van der Waals surface area contributed by atoms with Gasteiger partial charge < -0.3 is 34.3 Å². The zero-order valence-corrected chi connectivity index (χ0v) is 17.6. The average Bonchev–Trinajstić information content (AvgIpc) is 2.72. The first-order chi connectivity index (χ1) is 13.9. The van der Waals surface area contributed by atoms with Crippen LogP contribution in [0.3, 0.4) is 0 Å². The second-order valence-electron chi connectivity index (χ2n) is 7.68. The highest BCUT2D eigenvalue weighted by molar-refractivity contribution is 6.32. The van der Waals surface area contributed by atoms with Crippen molar-refractivity contribution in [2.24, 2.45) is 0 Å². The van der Waals surface area contributed by atoms with E-state index in [4.69, 9.17) is 30.5 Å². The molecular weight excluding hydrogens is 400 g/mol. The molecule has 2 fully saturated rings. The van der Waals surface area contributed by atoms with Crippen LogP contribution in [0.2, 0.25) is 5.02 Å². The molecule has 1 aliphatic carbocycles. The van der Waals surface area contributed by atoms with Crippen LogP contribution in [0.5, 0.6) is 5.75 Å². The van der Waals surface area contributed by atoms with Gasteiger partial charge in [-0.25, -0.2) is 0 Å². The summed E-state index contributed by atoms with van der Waals surface area (Å²) in [5, 5.41) is 31.2. The molecule has 164 valence electrons. The van der Waals surface area contributed by atoms with Crippen LogP contribution >= 0.6 is 11.6 Å². The molecule has 7 nitrogen and oxygen atoms in total. The maximum atomic E-state index is 10.4. The summed E-state index contributed by atoms with van der Waals surface area (Å²) in [5.74, 6) is 0.517. The molecule has 1 saturated heterocycles. The number of aliphatic hydroxyl groups is 3. The summed E-state index contributed by atoms with van der Waals surface area (Å²) in [5.41, 5.74) is 0.618. The van der Waals surface area contributed by atoms with Crippen LogP contribution in [-0.2, 0) is 14.2 Å². The minimum Gasteiger partial charge on any atom is -0.489 e. The molecule has 0 spiro atoms. The van der Waals surface area contributed by atoms with E-state index in [0.29, 0.717) is 16.3 Å². The Morgan fingerprint density at radius 2 is 1.72 bits per heavy atom. The quantitative estimate of drug-likeness (QED) is 0.610. The molecule has 1 heterocycles. The van der Waals surface area contributed by atoms with Gasteiger partial charge in [0.15, 0.2) is 0 Å². The molecular formula is C21H31ClO7. The highest BCUT2D eigenvalue weighted by atomic mass is 35.5. The Morgan fingerprint density at radius 1 is 1.03 bits per heavy atom. The zero-order chi connectivity index (χ0) is 21.0. The third-order valence-corrected chi connectivity index (χ3v) is 5.96. The predicted octanol–water partition coefficient (Wildman–Crippen LogP) is 2.24. The fraction of sp³-hybridized carbons (Fsp3) is 0.714. The largest absolute Gasteiger partial charge is 0.489 e. The van der Waals surface area contributed by atoms with Crippen molar-refractivity contribution in [3.8, 4) is 5.75 Å². The molecule has 0 aromatic heterocycles. The van der Waals surface area contributed by atoms with E-state index in [-0.39, 0.29) is 18.8 Å². The Morgan fingerprint density at radius 3 is 2.38 bits per heavy atom. The Bertz CT molecular complexity index is 650. The van der Waals surface area contributed by atoms with Gasteiger partial charge in [0, 0.05) is 13.7 Å². The van der Waals surface area contributed by atoms with Gasteiger partial charge in [0.1, 0.15) is 36.3 Å². The smallest absolute Gasteiger partial charge is 0.138 e. The number of hydrogen-bond acceptors (Lipinski definition) is 7. The van der Waals surface area contributed by atoms with Crippen molar-refractivity contribution >= 4 is 11.6 Å². The van der Waals surface area contributed by atoms with E-state index < -0.39 is 30.5 Å². The molecule has 5 atom stereocenters. The first-order valence-corrected chi connectivity index (χ1v) is 10.6. The van der Waals surface area contributed by atoms with Gasteiger partial charge in [-0.15, -0.1) is 0 Å². The number of hydrogen-bond donors (Lipinski definition) is 3. The van der Waals surface area contributed by atoms with Gasteiger partial charge in [-0.2, -0.15) is 0 Å². The summed E-state index contributed by atoms with van der Waals surface area (Å²) in [4.78, 5) is 0. The lowest BCUT2D eigenvalue weighted by Crippen LogP contribution is -2.55. The van der Waals surface area contributed by atoms with Crippen LogP contribution in [0.1, 0.15) is 44.3 Å². The fourth-order valence-electron chi connectivity index (χ4n) is 4.05. The van der Waals surface area contributed by atoms with Crippen molar-refractivity contribution in [2.75, 3.05) is 20.3 Å². The normalized spacial score (nSPS) is 35.4. The van der Waals surface area contributed by atoms with E-state index in [1.807, 2.05) is 6.92 Å². The summed E-state index contributed by atoms with van der Waals surface area (Å²) in [6.45, 7) is 2.82. The van der Waals surface area contributed by atoms with Gasteiger partial charge in [-0.05, 0) is 50.3 Å². The first kappa shape index (κ1) is 22.7. The number of ether oxygens (including phenoxy) is 4. The monoisotopic (exact) mass is 430 g/mol. The Kier molecular flexibility index (Phi) is 8.15. The van der Waals surface area contributed by atoms with Gasteiger partial charge >= 0.3 is 0 Å².